The van der Waals surface area contributed by atoms with Crippen molar-refractivity contribution in [3.63, 3.8) is 0 Å². The molecule has 2 nitrogen and oxygen atoms in total. The Balaban J connectivity index is 2.99. The first kappa shape index (κ1) is 15.3. The molecular formula is C14H20NOPS. The van der Waals surface area contributed by atoms with Crippen molar-refractivity contribution in [1.29, 1.82) is 0 Å². The van der Waals surface area contributed by atoms with Crippen LogP contribution in [0.2, 0.25) is 0 Å². The number of carbonyl (C=O) groups is 1. The van der Waals surface area contributed by atoms with Gasteiger partial charge < -0.3 is 12.6 Å². The lowest BCUT2D eigenvalue weighted by molar-refractivity contribution is 0.100. The smallest absolute Gasteiger partial charge is 0.278 e. The average Bonchev–Trinajstić information content (AvgIpc) is 2.42. The van der Waals surface area contributed by atoms with E-state index in [1.165, 1.54) is 0 Å². The molecular weight excluding hydrogens is 261 g/mol. The molecule has 1 aromatic rings. The van der Waals surface area contributed by atoms with Gasteiger partial charge in [-0.3, -0.25) is 4.79 Å². The molecule has 0 heterocycles. The van der Waals surface area contributed by atoms with E-state index in [0.717, 1.165) is 18.5 Å². The minimum absolute atomic E-state index is 0.208. The number of hydrogen-bond donors (Lipinski definition) is 0. The Morgan fingerprint density at radius 2 is 1.61 bits per heavy atom. The standard InChI is InChI=1S/C14H20NOPS/c1-4-17(5-2,6-3)14(18)15-13(16)12-10-8-7-9-11-12/h7-11H,4-6H2,1-3H3. The third-order valence-electron chi connectivity index (χ3n) is 3.44. The van der Waals surface area contributed by atoms with E-state index < -0.39 is 7.26 Å². The summed E-state index contributed by atoms with van der Waals surface area (Å²) in [7, 11) is -1.36. The summed E-state index contributed by atoms with van der Waals surface area (Å²) in [4.78, 5) is 16.8. The normalized spacial score (nSPS) is 12.5. The fraction of sp³-hybridized carbons (Fsp3) is 0.429. The molecule has 0 aromatic heterocycles. The molecule has 0 aliphatic rings. The van der Waals surface area contributed by atoms with Gasteiger partial charge in [-0.05, 0) is 32.9 Å². The number of hydrogen-bond acceptors (Lipinski definition) is 2. The summed E-state index contributed by atoms with van der Waals surface area (Å²) in [6.45, 7) is 6.45. The molecule has 4 heteroatoms. The number of amides is 1. The van der Waals surface area contributed by atoms with Crippen molar-refractivity contribution in [3.05, 3.63) is 35.9 Å². The van der Waals surface area contributed by atoms with E-state index in [1.54, 1.807) is 12.1 Å². The molecule has 0 bridgehead atoms. The van der Waals surface area contributed by atoms with Crippen LogP contribution in [0.1, 0.15) is 31.1 Å². The Bertz CT molecular complexity index is 418. The molecule has 0 radical (unpaired) electrons. The average molecular weight is 281 g/mol. The van der Waals surface area contributed by atoms with Gasteiger partial charge in [-0.15, -0.1) is 0 Å². The van der Waals surface area contributed by atoms with Crippen LogP contribution in [0.4, 0.5) is 0 Å². The summed E-state index contributed by atoms with van der Waals surface area (Å²) < 4.78 is 0. The predicted octanol–water partition coefficient (Wildman–Crippen LogP) is 3.81. The lowest BCUT2D eigenvalue weighted by Gasteiger charge is -2.28. The Labute approximate surface area is 116 Å². The van der Waals surface area contributed by atoms with Gasteiger partial charge in [0, 0.05) is 17.6 Å². The fourth-order valence-electron chi connectivity index (χ4n) is 1.91. The predicted molar refractivity (Wildman–Crippen MR) is 84.1 cm³/mol. The van der Waals surface area contributed by atoms with Gasteiger partial charge in [-0.1, -0.05) is 18.2 Å². The first-order valence-electron chi connectivity index (χ1n) is 6.31. The zero-order chi connectivity index (χ0) is 13.6. The van der Waals surface area contributed by atoms with Gasteiger partial charge in [0.25, 0.3) is 5.91 Å². The summed E-state index contributed by atoms with van der Waals surface area (Å²) in [5.41, 5.74) is 0.612. The summed E-state index contributed by atoms with van der Waals surface area (Å²) >= 11 is 5.42. The van der Waals surface area contributed by atoms with Crippen LogP contribution in [0.15, 0.2) is 35.3 Å². The van der Waals surface area contributed by atoms with Gasteiger partial charge in [0.1, 0.15) is 0 Å². The van der Waals surface area contributed by atoms with E-state index in [-0.39, 0.29) is 5.91 Å². The first-order chi connectivity index (χ1) is 8.59. The van der Waals surface area contributed by atoms with Crippen LogP contribution in [0.25, 0.3) is 0 Å². The zero-order valence-electron chi connectivity index (χ0n) is 11.2. The monoisotopic (exact) mass is 281 g/mol. The SMILES string of the molecule is CC[P+](CC)(CC)C([S-])=NC(=O)c1ccccc1. The third-order valence-corrected chi connectivity index (χ3v) is 9.24. The number of carbonyl (C=O) groups excluding carboxylic acids is 1. The second-order valence-corrected chi connectivity index (χ2v) is 9.46. The topological polar surface area (TPSA) is 29.4 Å². The van der Waals surface area contributed by atoms with Crippen molar-refractivity contribution in [1.82, 2.24) is 0 Å². The zero-order valence-corrected chi connectivity index (χ0v) is 12.9. The van der Waals surface area contributed by atoms with Crippen LogP contribution in [0, 0.1) is 0 Å². The van der Waals surface area contributed by atoms with Crippen LogP contribution in [-0.4, -0.2) is 29.2 Å². The molecule has 0 unspecified atom stereocenters. The van der Waals surface area contributed by atoms with E-state index in [4.69, 9.17) is 12.6 Å². The molecule has 98 valence electrons. The van der Waals surface area contributed by atoms with E-state index >= 15 is 0 Å². The molecule has 0 spiro atoms. The molecule has 0 atom stereocenters. The van der Waals surface area contributed by atoms with Crippen LogP contribution in [0.5, 0.6) is 0 Å². The molecule has 1 aromatic carbocycles. The third kappa shape index (κ3) is 3.37. The van der Waals surface area contributed by atoms with Gasteiger partial charge in [-0.2, -0.15) is 0 Å². The number of aliphatic imine (C=N–C) groups is 1. The summed E-state index contributed by atoms with van der Waals surface area (Å²) in [6, 6.07) is 9.12. The molecule has 1 rings (SSSR count). The van der Waals surface area contributed by atoms with Crippen LogP contribution < -0.4 is 0 Å². The Kier molecular flexibility index (Phi) is 5.90. The highest BCUT2D eigenvalue weighted by Gasteiger charge is 2.31. The minimum Gasteiger partial charge on any atom is -0.721 e. The van der Waals surface area contributed by atoms with Crippen LogP contribution >= 0.6 is 7.26 Å². The van der Waals surface area contributed by atoms with Crippen LogP contribution in [-0.2, 0) is 12.6 Å². The molecule has 0 fully saturated rings. The van der Waals surface area contributed by atoms with Gasteiger partial charge >= 0.3 is 0 Å². The van der Waals surface area contributed by atoms with Crippen molar-refractivity contribution in [2.24, 2.45) is 4.99 Å². The van der Waals surface area contributed by atoms with Crippen molar-refractivity contribution in [2.75, 3.05) is 18.5 Å². The highest BCUT2D eigenvalue weighted by Crippen LogP contribution is 2.58. The summed E-state index contributed by atoms with van der Waals surface area (Å²) in [5, 5.41) is 0. The number of benzene rings is 1. The highest BCUT2D eigenvalue weighted by molar-refractivity contribution is 8.11. The fourth-order valence-corrected chi connectivity index (χ4v) is 5.62. The van der Waals surface area contributed by atoms with Crippen molar-refractivity contribution in [3.8, 4) is 0 Å². The van der Waals surface area contributed by atoms with E-state index in [9.17, 15) is 4.79 Å². The summed E-state index contributed by atoms with van der Waals surface area (Å²) in [6.07, 6.45) is 3.10. The molecule has 0 aliphatic heterocycles. The second kappa shape index (κ2) is 6.96. The molecule has 18 heavy (non-hydrogen) atoms. The molecule has 0 saturated carbocycles. The Hall–Kier alpha value is -0.790. The quantitative estimate of drug-likeness (QED) is 0.355. The number of rotatable bonds is 5. The van der Waals surface area contributed by atoms with Gasteiger partial charge in [0.2, 0.25) is 0 Å². The van der Waals surface area contributed by atoms with Crippen molar-refractivity contribution >= 4 is 30.6 Å². The van der Waals surface area contributed by atoms with Crippen LogP contribution in [0.3, 0.4) is 0 Å². The Morgan fingerprint density at radius 1 is 1.11 bits per heavy atom. The van der Waals surface area contributed by atoms with E-state index in [2.05, 4.69) is 25.8 Å². The maximum atomic E-state index is 12.0. The Morgan fingerprint density at radius 3 is 2.06 bits per heavy atom. The maximum Gasteiger partial charge on any atom is 0.278 e. The highest BCUT2D eigenvalue weighted by atomic mass is 32.1. The molecule has 1 amide bonds. The largest absolute Gasteiger partial charge is 0.721 e. The van der Waals surface area contributed by atoms with E-state index in [0.29, 0.717) is 10.3 Å². The van der Waals surface area contributed by atoms with Crippen molar-refractivity contribution in [2.45, 2.75) is 20.8 Å². The van der Waals surface area contributed by atoms with E-state index in [1.807, 2.05) is 18.2 Å². The molecule has 0 aliphatic carbocycles. The molecule has 0 saturated heterocycles. The first-order valence-corrected chi connectivity index (χ1v) is 9.06. The second-order valence-electron chi connectivity index (χ2n) is 4.16. The summed E-state index contributed by atoms with van der Waals surface area (Å²) in [5.74, 6) is -0.208. The minimum atomic E-state index is -1.36. The maximum absolute atomic E-state index is 12.0. The van der Waals surface area contributed by atoms with Gasteiger partial charge in [0.05, 0.1) is 18.5 Å². The lowest BCUT2D eigenvalue weighted by atomic mass is 10.2. The van der Waals surface area contributed by atoms with Gasteiger partial charge in [-0.25, -0.2) is 4.99 Å². The molecule has 0 N–H and O–H groups in total. The lowest BCUT2D eigenvalue weighted by Crippen LogP contribution is -2.13. The van der Waals surface area contributed by atoms with Crippen molar-refractivity contribution < 1.29 is 4.79 Å². The number of nitrogens with zero attached hydrogens (tertiary/aromatic N) is 1. The van der Waals surface area contributed by atoms with Gasteiger partial charge in [0.15, 0.2) is 0 Å².